The van der Waals surface area contributed by atoms with E-state index >= 15 is 0 Å². The Morgan fingerprint density at radius 3 is 2.81 bits per heavy atom. The van der Waals surface area contributed by atoms with Crippen LogP contribution in [0.15, 0.2) is 17.0 Å². The molecule has 0 saturated heterocycles. The third-order valence-electron chi connectivity index (χ3n) is 1.76. The van der Waals surface area contributed by atoms with E-state index in [-0.39, 0.29) is 15.9 Å². The number of benzene rings is 1. The maximum absolute atomic E-state index is 13.2. The Balaban J connectivity index is 2.95. The third kappa shape index (κ3) is 3.56. The van der Waals surface area contributed by atoms with Crippen LogP contribution in [0.4, 0.5) is 10.1 Å². The molecule has 7 heteroatoms. The molecule has 0 radical (unpaired) electrons. The average Bonchev–Trinajstić information content (AvgIpc) is 2.23. The Hall–Kier alpha value is -0.410. The molecule has 1 aromatic carbocycles. The second-order valence-electron chi connectivity index (χ2n) is 2.92. The van der Waals surface area contributed by atoms with Gasteiger partial charge in [-0.3, -0.25) is 10.1 Å². The lowest BCUT2D eigenvalue weighted by Crippen LogP contribution is -1.95. The summed E-state index contributed by atoms with van der Waals surface area (Å²) in [6.07, 6.45) is 0.523. The summed E-state index contributed by atoms with van der Waals surface area (Å²) in [5, 5.41) is 19.3. The van der Waals surface area contributed by atoms with Crippen LogP contribution >= 0.6 is 34.4 Å². The van der Waals surface area contributed by atoms with Crippen LogP contribution in [0.3, 0.4) is 0 Å². The van der Waals surface area contributed by atoms with Crippen LogP contribution in [0.2, 0.25) is 0 Å². The van der Waals surface area contributed by atoms with E-state index in [1.54, 1.807) is 22.6 Å². The van der Waals surface area contributed by atoms with E-state index < -0.39 is 10.7 Å². The zero-order valence-corrected chi connectivity index (χ0v) is 11.1. The van der Waals surface area contributed by atoms with Gasteiger partial charge in [0.2, 0.25) is 0 Å². The number of halogens is 2. The summed E-state index contributed by atoms with van der Waals surface area (Å²) < 4.78 is 13.5. The lowest BCUT2D eigenvalue weighted by Gasteiger charge is -2.03. The molecule has 0 unspecified atom stereocenters. The molecular formula is C9H9FINO3S. The number of nitro groups is 1. The monoisotopic (exact) mass is 357 g/mol. The summed E-state index contributed by atoms with van der Waals surface area (Å²) in [7, 11) is 0. The normalized spacial score (nSPS) is 10.4. The minimum atomic E-state index is -0.525. The lowest BCUT2D eigenvalue weighted by atomic mass is 10.3. The van der Waals surface area contributed by atoms with Crippen molar-refractivity contribution in [1.29, 1.82) is 0 Å². The van der Waals surface area contributed by atoms with Gasteiger partial charge in [0.1, 0.15) is 5.82 Å². The van der Waals surface area contributed by atoms with Gasteiger partial charge in [0, 0.05) is 18.4 Å². The molecule has 0 heterocycles. The Kier molecular flexibility index (Phi) is 5.42. The quantitative estimate of drug-likeness (QED) is 0.289. The molecule has 0 aliphatic rings. The number of hydrogen-bond donors (Lipinski definition) is 1. The van der Waals surface area contributed by atoms with Gasteiger partial charge in [0.05, 0.1) is 13.4 Å². The van der Waals surface area contributed by atoms with Gasteiger partial charge in [0.15, 0.2) is 0 Å². The van der Waals surface area contributed by atoms with Gasteiger partial charge in [-0.15, -0.1) is 11.8 Å². The van der Waals surface area contributed by atoms with E-state index in [0.717, 1.165) is 0 Å². The summed E-state index contributed by atoms with van der Waals surface area (Å²) in [4.78, 5) is 10.5. The first-order chi connectivity index (χ1) is 7.56. The highest BCUT2D eigenvalue weighted by atomic mass is 127. The molecule has 0 amide bonds. The molecular weight excluding hydrogens is 348 g/mol. The molecule has 0 fully saturated rings. The fourth-order valence-electron chi connectivity index (χ4n) is 1.02. The summed E-state index contributed by atoms with van der Waals surface area (Å²) >= 11 is 2.89. The molecule has 4 nitrogen and oxygen atoms in total. The molecule has 0 aliphatic heterocycles. The van der Waals surface area contributed by atoms with Crippen molar-refractivity contribution in [2.45, 2.75) is 11.3 Å². The molecule has 1 aromatic rings. The number of rotatable bonds is 5. The zero-order chi connectivity index (χ0) is 12.1. The Morgan fingerprint density at radius 1 is 1.56 bits per heavy atom. The smallest absolute Gasteiger partial charge is 0.284 e. The van der Waals surface area contributed by atoms with Crippen molar-refractivity contribution in [3.63, 3.8) is 0 Å². The van der Waals surface area contributed by atoms with Crippen molar-refractivity contribution < 1.29 is 14.4 Å². The van der Waals surface area contributed by atoms with Crippen molar-refractivity contribution in [3.8, 4) is 0 Å². The van der Waals surface area contributed by atoms with Crippen LogP contribution in [0.25, 0.3) is 0 Å². The first kappa shape index (κ1) is 13.7. The molecule has 16 heavy (non-hydrogen) atoms. The highest BCUT2D eigenvalue weighted by molar-refractivity contribution is 14.1. The van der Waals surface area contributed by atoms with E-state index in [4.69, 9.17) is 5.11 Å². The van der Waals surface area contributed by atoms with Crippen molar-refractivity contribution in [1.82, 2.24) is 0 Å². The third-order valence-corrected chi connectivity index (χ3v) is 3.72. The average molecular weight is 357 g/mol. The van der Waals surface area contributed by atoms with Crippen molar-refractivity contribution in [3.05, 3.63) is 31.6 Å². The highest BCUT2D eigenvalue weighted by Crippen LogP contribution is 2.32. The molecule has 0 spiro atoms. The molecule has 88 valence electrons. The molecule has 0 aromatic heterocycles. The summed E-state index contributed by atoms with van der Waals surface area (Å²) in [5.41, 5.74) is -0.0891. The van der Waals surface area contributed by atoms with Crippen molar-refractivity contribution in [2.24, 2.45) is 0 Å². The van der Waals surface area contributed by atoms with Crippen LogP contribution in [0.5, 0.6) is 0 Å². The second-order valence-corrected chi connectivity index (χ2v) is 5.22. The van der Waals surface area contributed by atoms with Gasteiger partial charge in [0.25, 0.3) is 5.69 Å². The number of hydrogen-bond acceptors (Lipinski definition) is 4. The minimum absolute atomic E-state index is 0.0215. The van der Waals surface area contributed by atoms with Crippen LogP contribution in [0.1, 0.15) is 6.42 Å². The molecule has 1 N–H and O–H groups in total. The molecule has 0 saturated carbocycles. The second kappa shape index (κ2) is 6.36. The number of nitro benzene ring substituents is 1. The van der Waals surface area contributed by atoms with Crippen LogP contribution in [0, 0.1) is 19.5 Å². The van der Waals surface area contributed by atoms with Gasteiger partial charge >= 0.3 is 0 Å². The van der Waals surface area contributed by atoms with E-state index in [0.29, 0.717) is 17.1 Å². The minimum Gasteiger partial charge on any atom is -0.396 e. The standard InChI is InChI=1S/C9H9FINO3S/c10-6-4-9(16-3-1-2-13)8(12(14)15)5-7(6)11/h4-5,13H,1-3H2. The first-order valence-corrected chi connectivity index (χ1v) is 6.49. The van der Waals surface area contributed by atoms with E-state index in [1.165, 1.54) is 23.9 Å². The number of aliphatic hydroxyl groups is 1. The number of thioether (sulfide) groups is 1. The summed E-state index contributed by atoms with van der Waals surface area (Å²) in [5.74, 6) is 0.0647. The predicted octanol–water partition coefficient (Wildman–Crippen LogP) is 2.81. The first-order valence-electron chi connectivity index (χ1n) is 4.43. The fraction of sp³-hybridized carbons (Fsp3) is 0.333. The van der Waals surface area contributed by atoms with E-state index in [9.17, 15) is 14.5 Å². The maximum atomic E-state index is 13.2. The molecule has 1 rings (SSSR count). The van der Waals surface area contributed by atoms with E-state index in [1.807, 2.05) is 0 Å². The van der Waals surface area contributed by atoms with Gasteiger partial charge in [-0.1, -0.05) is 0 Å². The largest absolute Gasteiger partial charge is 0.396 e. The zero-order valence-electron chi connectivity index (χ0n) is 8.15. The Bertz CT molecular complexity index is 403. The summed E-state index contributed by atoms with van der Waals surface area (Å²) in [6, 6.07) is 2.39. The summed E-state index contributed by atoms with van der Waals surface area (Å²) in [6.45, 7) is 0.0215. The van der Waals surface area contributed by atoms with E-state index in [2.05, 4.69) is 0 Å². The SMILES string of the molecule is O=[N+]([O-])c1cc(I)c(F)cc1SCCCO. The van der Waals surface area contributed by atoms with Gasteiger partial charge in [-0.2, -0.15) is 0 Å². The Morgan fingerprint density at radius 2 is 2.25 bits per heavy atom. The van der Waals surface area contributed by atoms with Crippen molar-refractivity contribution >= 4 is 40.0 Å². The topological polar surface area (TPSA) is 63.4 Å². The number of nitrogens with zero attached hydrogens (tertiary/aromatic N) is 1. The lowest BCUT2D eigenvalue weighted by molar-refractivity contribution is -0.387. The predicted molar refractivity (Wildman–Crippen MR) is 68.2 cm³/mol. The molecule has 0 aliphatic carbocycles. The molecule has 0 bridgehead atoms. The number of aliphatic hydroxyl groups excluding tert-OH is 1. The van der Waals surface area contributed by atoms with Crippen LogP contribution in [-0.2, 0) is 0 Å². The van der Waals surface area contributed by atoms with Crippen LogP contribution in [-0.4, -0.2) is 22.4 Å². The highest BCUT2D eigenvalue weighted by Gasteiger charge is 2.17. The molecule has 0 atom stereocenters. The van der Waals surface area contributed by atoms with Gasteiger partial charge in [-0.25, -0.2) is 4.39 Å². The fourth-order valence-corrected chi connectivity index (χ4v) is 2.44. The van der Waals surface area contributed by atoms with Crippen molar-refractivity contribution in [2.75, 3.05) is 12.4 Å². The van der Waals surface area contributed by atoms with Gasteiger partial charge in [-0.05, 0) is 35.1 Å². The van der Waals surface area contributed by atoms with Gasteiger partial charge < -0.3 is 5.11 Å². The Labute approximate surface area is 110 Å². The maximum Gasteiger partial charge on any atom is 0.284 e. The van der Waals surface area contributed by atoms with Crippen LogP contribution < -0.4 is 0 Å².